The van der Waals surface area contributed by atoms with E-state index in [1.54, 1.807) is 12.3 Å². The van der Waals surface area contributed by atoms with Gasteiger partial charge in [-0.2, -0.15) is 13.2 Å². The van der Waals surface area contributed by atoms with Crippen LogP contribution in [0.4, 0.5) is 19.0 Å². The van der Waals surface area contributed by atoms with Crippen molar-refractivity contribution in [3.63, 3.8) is 0 Å². The third-order valence-electron chi connectivity index (χ3n) is 4.72. The molecule has 0 aliphatic carbocycles. The van der Waals surface area contributed by atoms with Gasteiger partial charge in [-0.25, -0.2) is 9.78 Å². The second kappa shape index (κ2) is 9.46. The lowest BCUT2D eigenvalue weighted by molar-refractivity contribution is -0.137. The van der Waals surface area contributed by atoms with Crippen LogP contribution in [0.2, 0.25) is 0 Å². The molecule has 0 bridgehead atoms. The van der Waals surface area contributed by atoms with Gasteiger partial charge in [0.25, 0.3) is 0 Å². The van der Waals surface area contributed by atoms with Crippen LogP contribution in [-0.2, 0) is 6.18 Å². The molecule has 2 aromatic heterocycles. The zero-order valence-corrected chi connectivity index (χ0v) is 16.4. The maximum absolute atomic E-state index is 11.8. The van der Waals surface area contributed by atoms with E-state index in [2.05, 4.69) is 9.88 Å². The highest BCUT2D eigenvalue weighted by atomic mass is 19.4. The fourth-order valence-electron chi connectivity index (χ4n) is 3.17. The third-order valence-corrected chi connectivity index (χ3v) is 4.72. The van der Waals surface area contributed by atoms with Gasteiger partial charge in [-0.1, -0.05) is 30.3 Å². The number of pyridine rings is 2. The van der Waals surface area contributed by atoms with Gasteiger partial charge in [0.15, 0.2) is 0 Å². The van der Waals surface area contributed by atoms with Gasteiger partial charge in [-0.3, -0.25) is 4.79 Å². The monoisotopic (exact) mass is 431 g/mol. The van der Waals surface area contributed by atoms with Crippen LogP contribution in [0.3, 0.4) is 0 Å². The molecule has 9 heteroatoms. The standard InChI is InChI=1S/C16H16N2O2.C6H4F3NO/c19-16(20)14-10-13(12-6-2-1-3-7-12)11-17-15(14)18-8-4-5-9-18;7-6(8,9)4-1-2-5(11)10-3-4/h1-3,6-7,10-11H,4-5,8-9H2,(H,19,20);1-3H,(H,10,11). The maximum Gasteiger partial charge on any atom is 0.417 e. The third kappa shape index (κ3) is 5.71. The van der Waals surface area contributed by atoms with Gasteiger partial charge in [-0.15, -0.1) is 0 Å². The first-order valence-corrected chi connectivity index (χ1v) is 9.55. The summed E-state index contributed by atoms with van der Waals surface area (Å²) in [6, 6.07) is 13.0. The molecule has 3 aromatic rings. The van der Waals surface area contributed by atoms with E-state index in [1.165, 1.54) is 0 Å². The van der Waals surface area contributed by atoms with Crippen LogP contribution >= 0.6 is 0 Å². The summed E-state index contributed by atoms with van der Waals surface area (Å²) in [5.41, 5.74) is 0.713. The highest BCUT2D eigenvalue weighted by Crippen LogP contribution is 2.28. The minimum absolute atomic E-state index is 0.285. The summed E-state index contributed by atoms with van der Waals surface area (Å²) in [5, 5.41) is 9.43. The summed E-state index contributed by atoms with van der Waals surface area (Å²) in [4.78, 5) is 30.2. The number of hydrogen-bond donors (Lipinski definition) is 2. The Hall–Kier alpha value is -3.62. The first kappa shape index (κ1) is 22.1. The van der Waals surface area contributed by atoms with Crippen LogP contribution in [0.15, 0.2) is 65.7 Å². The molecule has 0 amide bonds. The number of anilines is 1. The average molecular weight is 431 g/mol. The summed E-state index contributed by atoms with van der Waals surface area (Å²) in [6.07, 6.45) is 0.213. The molecule has 31 heavy (non-hydrogen) atoms. The van der Waals surface area contributed by atoms with Crippen LogP contribution in [0.1, 0.15) is 28.8 Å². The minimum atomic E-state index is -4.38. The smallest absolute Gasteiger partial charge is 0.417 e. The molecule has 0 spiro atoms. The predicted molar refractivity (Wildman–Crippen MR) is 110 cm³/mol. The van der Waals surface area contributed by atoms with Gasteiger partial charge >= 0.3 is 12.1 Å². The van der Waals surface area contributed by atoms with Crippen LogP contribution in [0.5, 0.6) is 0 Å². The van der Waals surface area contributed by atoms with Crippen LogP contribution in [-0.4, -0.2) is 34.1 Å². The highest BCUT2D eigenvalue weighted by Gasteiger charge is 2.30. The van der Waals surface area contributed by atoms with Gasteiger partial charge in [0, 0.05) is 37.1 Å². The zero-order valence-electron chi connectivity index (χ0n) is 16.4. The fraction of sp³-hybridized carbons (Fsp3) is 0.227. The number of aromatic nitrogens is 2. The van der Waals surface area contributed by atoms with Gasteiger partial charge in [0.1, 0.15) is 11.4 Å². The molecule has 2 N–H and O–H groups in total. The number of aromatic carboxylic acids is 1. The van der Waals surface area contributed by atoms with Crippen LogP contribution in [0.25, 0.3) is 11.1 Å². The van der Waals surface area contributed by atoms with E-state index >= 15 is 0 Å². The number of carboxylic acids is 1. The lowest BCUT2D eigenvalue weighted by atomic mass is 10.1. The predicted octanol–water partition coefficient (Wildman–Crippen LogP) is 4.44. The number of H-pyrrole nitrogens is 1. The number of carboxylic acid groups (broad SMARTS) is 1. The lowest BCUT2D eigenvalue weighted by Gasteiger charge is -2.19. The quantitative estimate of drug-likeness (QED) is 0.640. The molecule has 0 radical (unpaired) electrons. The van der Waals surface area contributed by atoms with Crippen molar-refractivity contribution < 1.29 is 23.1 Å². The summed E-state index contributed by atoms with van der Waals surface area (Å²) < 4.78 is 35.4. The van der Waals surface area contributed by atoms with E-state index in [0.29, 0.717) is 12.0 Å². The lowest BCUT2D eigenvalue weighted by Crippen LogP contribution is -2.22. The summed E-state index contributed by atoms with van der Waals surface area (Å²) in [7, 11) is 0. The molecule has 162 valence electrons. The minimum Gasteiger partial charge on any atom is -0.478 e. The Bertz CT molecular complexity index is 1070. The molecule has 0 saturated carbocycles. The van der Waals surface area contributed by atoms with Crippen molar-refractivity contribution in [2.45, 2.75) is 19.0 Å². The highest BCUT2D eigenvalue weighted by molar-refractivity contribution is 5.95. The molecule has 1 fully saturated rings. The van der Waals surface area contributed by atoms with Gasteiger partial charge in [0.2, 0.25) is 5.56 Å². The van der Waals surface area contributed by atoms with Gasteiger partial charge < -0.3 is 15.0 Å². The van der Waals surface area contributed by atoms with E-state index in [0.717, 1.165) is 49.2 Å². The first-order chi connectivity index (χ1) is 14.8. The Morgan fingerprint density at radius 2 is 1.71 bits per heavy atom. The first-order valence-electron chi connectivity index (χ1n) is 9.55. The number of hydrogen-bond acceptors (Lipinski definition) is 4. The topological polar surface area (TPSA) is 86.3 Å². The van der Waals surface area contributed by atoms with E-state index < -0.39 is 23.3 Å². The molecule has 1 aromatic carbocycles. The molecule has 6 nitrogen and oxygen atoms in total. The number of nitrogens with one attached hydrogen (secondary N) is 1. The summed E-state index contributed by atoms with van der Waals surface area (Å²) >= 11 is 0. The van der Waals surface area contributed by atoms with Crippen molar-refractivity contribution in [3.05, 3.63) is 82.4 Å². The molecular formula is C22H20F3N3O3. The molecule has 1 aliphatic rings. The van der Waals surface area contributed by atoms with Crippen molar-refractivity contribution in [1.82, 2.24) is 9.97 Å². The number of benzene rings is 1. The Morgan fingerprint density at radius 1 is 1.03 bits per heavy atom. The fourth-order valence-corrected chi connectivity index (χ4v) is 3.17. The van der Waals surface area contributed by atoms with E-state index in [4.69, 9.17) is 0 Å². The number of nitrogens with zero attached hydrogens (tertiary/aromatic N) is 2. The van der Waals surface area contributed by atoms with Crippen molar-refractivity contribution >= 4 is 11.8 Å². The number of halogens is 3. The number of alkyl halides is 3. The molecule has 1 aliphatic heterocycles. The second-order valence-corrected chi connectivity index (χ2v) is 6.90. The number of carbonyl (C=O) groups is 1. The number of rotatable bonds is 3. The van der Waals surface area contributed by atoms with Crippen molar-refractivity contribution in [2.24, 2.45) is 0 Å². The summed E-state index contributed by atoms with van der Waals surface area (Å²) in [5.74, 6) is -0.327. The zero-order chi connectivity index (χ0) is 22.4. The SMILES string of the molecule is O=C(O)c1cc(-c2ccccc2)cnc1N1CCCC1.O=c1ccc(C(F)(F)F)c[nH]1. The van der Waals surface area contributed by atoms with Crippen molar-refractivity contribution in [3.8, 4) is 11.1 Å². The van der Waals surface area contributed by atoms with Crippen molar-refractivity contribution in [2.75, 3.05) is 18.0 Å². The van der Waals surface area contributed by atoms with Gasteiger partial charge in [0.05, 0.1) is 5.56 Å². The molecule has 0 atom stereocenters. The Morgan fingerprint density at radius 3 is 2.26 bits per heavy atom. The molecule has 4 rings (SSSR count). The maximum atomic E-state index is 11.8. The van der Waals surface area contributed by atoms with E-state index in [1.807, 2.05) is 35.3 Å². The normalized spacial score (nSPS) is 13.5. The Labute approximate surface area is 176 Å². The largest absolute Gasteiger partial charge is 0.478 e. The average Bonchev–Trinajstić information content (AvgIpc) is 3.29. The Balaban J connectivity index is 0.000000210. The number of aromatic amines is 1. The Kier molecular flexibility index (Phi) is 6.74. The van der Waals surface area contributed by atoms with E-state index in [-0.39, 0.29) is 5.56 Å². The van der Waals surface area contributed by atoms with Crippen molar-refractivity contribution in [1.29, 1.82) is 0 Å². The second-order valence-electron chi connectivity index (χ2n) is 6.90. The molecule has 3 heterocycles. The van der Waals surface area contributed by atoms with E-state index in [9.17, 15) is 27.9 Å². The van der Waals surface area contributed by atoms with Gasteiger partial charge in [-0.05, 0) is 30.5 Å². The molecule has 0 unspecified atom stereocenters. The molecule has 1 saturated heterocycles. The molecular weight excluding hydrogens is 411 g/mol. The van der Waals surface area contributed by atoms with Crippen LogP contribution < -0.4 is 10.5 Å². The summed E-state index contributed by atoms with van der Waals surface area (Å²) in [6.45, 7) is 1.77. The van der Waals surface area contributed by atoms with Crippen LogP contribution in [0, 0.1) is 0 Å².